The highest BCUT2D eigenvalue weighted by atomic mass is 14.9. The van der Waals surface area contributed by atoms with Crippen LogP contribution in [0.4, 0.5) is 5.69 Å². The van der Waals surface area contributed by atoms with Crippen LogP contribution in [0.25, 0.3) is 33.1 Å². The molecule has 6 rings (SSSR count). The maximum Gasteiger partial charge on any atom is 0.0966 e. The van der Waals surface area contributed by atoms with Gasteiger partial charge in [0.2, 0.25) is 0 Å². The van der Waals surface area contributed by atoms with Crippen molar-refractivity contribution in [3.63, 3.8) is 0 Å². The molecule has 1 unspecified atom stereocenters. The lowest BCUT2D eigenvalue weighted by Gasteiger charge is -2.34. The van der Waals surface area contributed by atoms with Crippen molar-refractivity contribution >= 4 is 27.6 Å². The van der Waals surface area contributed by atoms with Crippen LogP contribution >= 0.6 is 0 Å². The molecule has 0 amide bonds. The molecule has 190 valence electrons. The van der Waals surface area contributed by atoms with Gasteiger partial charge < -0.3 is 15.6 Å². The van der Waals surface area contributed by atoms with Crippen molar-refractivity contribution < 1.29 is 0 Å². The van der Waals surface area contributed by atoms with E-state index in [2.05, 4.69) is 75.6 Å². The highest BCUT2D eigenvalue weighted by Gasteiger charge is 2.28. The summed E-state index contributed by atoms with van der Waals surface area (Å²) in [5, 5.41) is 5.10. The molecule has 1 atom stereocenters. The van der Waals surface area contributed by atoms with E-state index < -0.39 is 0 Å². The number of hydrogen-bond acceptors (Lipinski definition) is 5. The topological polar surface area (TPSA) is 81.7 Å². The highest BCUT2D eigenvalue weighted by Crippen LogP contribution is 2.38. The molecule has 3 heterocycles. The zero-order chi connectivity index (χ0) is 25.8. The van der Waals surface area contributed by atoms with Crippen LogP contribution in [0.2, 0.25) is 0 Å². The van der Waals surface area contributed by atoms with E-state index in [9.17, 15) is 0 Å². The standard InChI is InChI=1S/C29H30N6.C2H6/c1-35-14-10-19-4-5-21(15-27(19)35)25-16-24(17-26-29(25)33-13-12-32-26)34-28(22-3-2-11-31-18-22)20-6-8-23(30)9-7-20;1-2/h2-5,10-18,20,23,28,34H,6-9,30H2,1H3;1-2H3. The predicted octanol–water partition coefficient (Wildman–Crippen LogP) is 6.88. The molecule has 0 saturated heterocycles. The molecule has 1 fully saturated rings. The lowest BCUT2D eigenvalue weighted by Crippen LogP contribution is -2.31. The molecular formula is C31H36N6. The monoisotopic (exact) mass is 492 g/mol. The Morgan fingerprint density at radius 1 is 0.946 bits per heavy atom. The van der Waals surface area contributed by atoms with Gasteiger partial charge in [0.1, 0.15) is 0 Å². The van der Waals surface area contributed by atoms with Gasteiger partial charge in [-0.1, -0.05) is 32.0 Å². The van der Waals surface area contributed by atoms with E-state index in [0.29, 0.717) is 12.0 Å². The van der Waals surface area contributed by atoms with Crippen LogP contribution < -0.4 is 11.1 Å². The van der Waals surface area contributed by atoms with Crippen LogP contribution in [0.3, 0.4) is 0 Å². The molecule has 6 heteroatoms. The summed E-state index contributed by atoms with van der Waals surface area (Å²) < 4.78 is 2.15. The van der Waals surface area contributed by atoms with Crippen molar-refractivity contribution in [3.05, 3.63) is 85.1 Å². The van der Waals surface area contributed by atoms with Crippen molar-refractivity contribution in [1.82, 2.24) is 19.5 Å². The largest absolute Gasteiger partial charge is 0.378 e. The molecule has 0 aliphatic heterocycles. The van der Waals surface area contributed by atoms with E-state index in [4.69, 9.17) is 10.7 Å². The van der Waals surface area contributed by atoms with Gasteiger partial charge in [-0.25, -0.2) is 0 Å². The number of fused-ring (bicyclic) bond motifs is 2. The van der Waals surface area contributed by atoms with Crippen molar-refractivity contribution in [2.45, 2.75) is 51.6 Å². The number of anilines is 1. The number of pyridine rings is 1. The maximum atomic E-state index is 6.23. The second-order valence-electron chi connectivity index (χ2n) is 9.73. The highest BCUT2D eigenvalue weighted by molar-refractivity contribution is 5.97. The molecule has 2 aromatic carbocycles. The Morgan fingerprint density at radius 3 is 2.54 bits per heavy atom. The third-order valence-corrected chi connectivity index (χ3v) is 7.43. The molecule has 1 saturated carbocycles. The summed E-state index contributed by atoms with van der Waals surface area (Å²) in [6.45, 7) is 4.00. The number of nitrogens with one attached hydrogen (secondary N) is 1. The first-order chi connectivity index (χ1) is 18.2. The molecule has 3 N–H and O–H groups in total. The average Bonchev–Trinajstić information content (AvgIpc) is 3.33. The van der Waals surface area contributed by atoms with Gasteiger partial charge in [0.15, 0.2) is 0 Å². The number of nitrogens with two attached hydrogens (primary N) is 1. The summed E-state index contributed by atoms with van der Waals surface area (Å²) in [7, 11) is 2.08. The van der Waals surface area contributed by atoms with E-state index in [1.165, 1.54) is 16.5 Å². The average molecular weight is 493 g/mol. The predicted molar refractivity (Wildman–Crippen MR) is 153 cm³/mol. The Morgan fingerprint density at radius 2 is 1.76 bits per heavy atom. The van der Waals surface area contributed by atoms with Crippen LogP contribution in [0.5, 0.6) is 0 Å². The fourth-order valence-corrected chi connectivity index (χ4v) is 5.50. The summed E-state index contributed by atoms with van der Waals surface area (Å²) >= 11 is 0. The SMILES string of the molecule is CC.Cn1ccc2ccc(-c3cc(NC(c4cccnc4)C4CCC(N)CC4)cc4nccnc34)cc21. The smallest absolute Gasteiger partial charge is 0.0966 e. The number of aromatic nitrogens is 4. The minimum atomic E-state index is 0.161. The Balaban J connectivity index is 0.00000137. The van der Waals surface area contributed by atoms with Gasteiger partial charge in [0, 0.05) is 60.8 Å². The number of hydrogen-bond donors (Lipinski definition) is 2. The van der Waals surface area contributed by atoms with Crippen LogP contribution in [0, 0.1) is 5.92 Å². The van der Waals surface area contributed by atoms with Gasteiger partial charge in [0.25, 0.3) is 0 Å². The minimum Gasteiger partial charge on any atom is -0.378 e. The lowest BCUT2D eigenvalue weighted by molar-refractivity contribution is 0.295. The van der Waals surface area contributed by atoms with Gasteiger partial charge >= 0.3 is 0 Å². The molecule has 5 aromatic rings. The van der Waals surface area contributed by atoms with Crippen molar-refractivity contribution in [1.29, 1.82) is 0 Å². The maximum absolute atomic E-state index is 6.23. The Labute approximate surface area is 219 Å². The first-order valence-corrected chi connectivity index (χ1v) is 13.4. The molecule has 0 radical (unpaired) electrons. The second kappa shape index (κ2) is 11.1. The van der Waals surface area contributed by atoms with Gasteiger partial charge in [-0.2, -0.15) is 0 Å². The summed E-state index contributed by atoms with van der Waals surface area (Å²) in [5.41, 5.74) is 13.7. The van der Waals surface area contributed by atoms with Gasteiger partial charge in [-0.3, -0.25) is 15.0 Å². The van der Waals surface area contributed by atoms with Gasteiger partial charge in [-0.05, 0) is 78.4 Å². The first kappa shape index (κ1) is 24.9. The Hall–Kier alpha value is -3.77. The number of aryl methyl sites for hydroxylation is 1. The lowest BCUT2D eigenvalue weighted by atomic mass is 9.79. The minimum absolute atomic E-state index is 0.161. The van der Waals surface area contributed by atoms with Crippen LogP contribution in [0.15, 0.2) is 79.5 Å². The van der Waals surface area contributed by atoms with Gasteiger partial charge in [-0.15, -0.1) is 0 Å². The molecular weight excluding hydrogens is 456 g/mol. The summed E-state index contributed by atoms with van der Waals surface area (Å²) in [5.74, 6) is 0.500. The number of benzene rings is 2. The Kier molecular flexibility index (Phi) is 7.47. The molecule has 3 aromatic heterocycles. The number of nitrogens with zero attached hydrogens (tertiary/aromatic N) is 4. The normalized spacial score (nSPS) is 18.3. The fraction of sp³-hybridized carbons (Fsp3) is 0.323. The molecule has 37 heavy (non-hydrogen) atoms. The summed E-state index contributed by atoms with van der Waals surface area (Å²) in [4.78, 5) is 13.8. The summed E-state index contributed by atoms with van der Waals surface area (Å²) in [6.07, 6.45) is 13.8. The molecule has 1 aliphatic carbocycles. The first-order valence-electron chi connectivity index (χ1n) is 13.4. The van der Waals surface area contributed by atoms with E-state index in [1.807, 2.05) is 32.3 Å². The quantitative estimate of drug-likeness (QED) is 0.279. The van der Waals surface area contributed by atoms with E-state index in [-0.39, 0.29) is 6.04 Å². The molecule has 0 bridgehead atoms. The van der Waals surface area contributed by atoms with Crippen LogP contribution in [0.1, 0.15) is 51.1 Å². The summed E-state index contributed by atoms with van der Waals surface area (Å²) in [6, 6.07) is 17.7. The second-order valence-corrected chi connectivity index (χ2v) is 9.73. The van der Waals surface area contributed by atoms with Gasteiger partial charge in [0.05, 0.1) is 17.1 Å². The Bertz CT molecular complexity index is 1470. The van der Waals surface area contributed by atoms with E-state index in [1.54, 1.807) is 12.4 Å². The van der Waals surface area contributed by atoms with E-state index in [0.717, 1.165) is 53.5 Å². The zero-order valence-electron chi connectivity index (χ0n) is 21.9. The molecule has 0 spiro atoms. The van der Waals surface area contributed by atoms with Crippen LogP contribution in [-0.2, 0) is 7.05 Å². The van der Waals surface area contributed by atoms with Crippen molar-refractivity contribution in [2.24, 2.45) is 18.7 Å². The van der Waals surface area contributed by atoms with Crippen molar-refractivity contribution in [3.8, 4) is 11.1 Å². The van der Waals surface area contributed by atoms with E-state index >= 15 is 0 Å². The van der Waals surface area contributed by atoms with Crippen LogP contribution in [-0.4, -0.2) is 25.6 Å². The third-order valence-electron chi connectivity index (χ3n) is 7.43. The third kappa shape index (κ3) is 5.20. The molecule has 1 aliphatic rings. The number of rotatable bonds is 5. The zero-order valence-corrected chi connectivity index (χ0v) is 21.9. The fourth-order valence-electron chi connectivity index (χ4n) is 5.50. The van der Waals surface area contributed by atoms with Crippen molar-refractivity contribution in [2.75, 3.05) is 5.32 Å². The molecule has 6 nitrogen and oxygen atoms in total.